The molecule has 0 aliphatic carbocycles. The summed E-state index contributed by atoms with van der Waals surface area (Å²) in [6, 6.07) is 0. The van der Waals surface area contributed by atoms with Crippen molar-refractivity contribution in [3.05, 3.63) is 16.5 Å². The number of rotatable bonds is 7. The second kappa shape index (κ2) is 9.27. The molecule has 0 radical (unpaired) electrons. The first-order valence-corrected chi connectivity index (χ1v) is 9.02. The van der Waals surface area contributed by atoms with Crippen LogP contribution in [0.2, 0.25) is 5.15 Å². The average Bonchev–Trinajstić information content (AvgIpc) is 2.57. The van der Waals surface area contributed by atoms with Crippen molar-refractivity contribution in [2.75, 3.05) is 24.6 Å². The van der Waals surface area contributed by atoms with Gasteiger partial charge >= 0.3 is 5.97 Å². The van der Waals surface area contributed by atoms with E-state index in [1.807, 2.05) is 4.90 Å². The molecule has 0 unspecified atom stereocenters. The molecule has 1 saturated heterocycles. The Balaban J connectivity index is 2.03. The highest BCUT2D eigenvalue weighted by atomic mass is 35.5. The molecular weight excluding hydrogens is 352 g/mol. The van der Waals surface area contributed by atoms with Crippen molar-refractivity contribution in [1.82, 2.24) is 9.97 Å². The Morgan fingerprint density at radius 1 is 1.36 bits per heavy atom. The molecule has 0 bridgehead atoms. The number of aryl methyl sites for hydroxylation is 2. The predicted octanol–water partition coefficient (Wildman–Crippen LogP) is 3.81. The SMILES string of the molecule is CCOC(=O)C1CCN(c2nc(CCCC(F)F)c(C)nc2Cl)CC1. The number of hydrogen-bond acceptors (Lipinski definition) is 5. The highest BCUT2D eigenvalue weighted by Gasteiger charge is 2.28. The van der Waals surface area contributed by atoms with Crippen LogP contribution in [0.5, 0.6) is 0 Å². The maximum atomic E-state index is 12.3. The lowest BCUT2D eigenvalue weighted by Gasteiger charge is -2.32. The number of aromatic nitrogens is 2. The molecule has 0 saturated carbocycles. The molecule has 0 spiro atoms. The summed E-state index contributed by atoms with van der Waals surface area (Å²) in [4.78, 5) is 22.7. The molecule has 25 heavy (non-hydrogen) atoms. The van der Waals surface area contributed by atoms with E-state index in [-0.39, 0.29) is 18.3 Å². The van der Waals surface area contributed by atoms with Crippen LogP contribution >= 0.6 is 11.6 Å². The number of carbonyl (C=O) groups excluding carboxylic acids is 1. The number of piperidine rings is 1. The van der Waals surface area contributed by atoms with Crippen molar-refractivity contribution in [3.63, 3.8) is 0 Å². The zero-order valence-electron chi connectivity index (χ0n) is 14.6. The van der Waals surface area contributed by atoms with Crippen LogP contribution in [0, 0.1) is 12.8 Å². The zero-order chi connectivity index (χ0) is 18.4. The lowest BCUT2D eigenvalue weighted by molar-refractivity contribution is -0.148. The number of anilines is 1. The van der Waals surface area contributed by atoms with Crippen molar-refractivity contribution >= 4 is 23.4 Å². The van der Waals surface area contributed by atoms with Crippen LogP contribution < -0.4 is 4.90 Å². The average molecular weight is 376 g/mol. The topological polar surface area (TPSA) is 55.3 Å². The van der Waals surface area contributed by atoms with Crippen molar-refractivity contribution < 1.29 is 18.3 Å². The first kappa shape index (κ1) is 19.8. The summed E-state index contributed by atoms with van der Waals surface area (Å²) in [7, 11) is 0. The Bertz CT molecular complexity index is 594. The number of esters is 1. The number of hydrogen-bond donors (Lipinski definition) is 0. The molecule has 0 N–H and O–H groups in total. The molecule has 2 rings (SSSR count). The molecule has 2 heterocycles. The van der Waals surface area contributed by atoms with Crippen molar-refractivity contribution in [2.24, 2.45) is 5.92 Å². The van der Waals surface area contributed by atoms with Gasteiger partial charge in [0.05, 0.1) is 23.9 Å². The number of halogens is 3. The molecule has 1 aromatic rings. The highest BCUT2D eigenvalue weighted by molar-refractivity contribution is 6.31. The van der Waals surface area contributed by atoms with E-state index in [1.54, 1.807) is 13.8 Å². The Morgan fingerprint density at radius 3 is 2.64 bits per heavy atom. The fourth-order valence-corrected chi connectivity index (χ4v) is 3.25. The van der Waals surface area contributed by atoms with Gasteiger partial charge < -0.3 is 9.64 Å². The standard InChI is InChI=1S/C17H24ClF2N3O2/c1-3-25-17(24)12-7-9-23(10-8-12)16-15(18)21-11(2)13(22-16)5-4-6-14(19)20/h12,14H,3-10H2,1-2H3. The van der Waals surface area contributed by atoms with Crippen LogP contribution in [-0.2, 0) is 16.0 Å². The first-order valence-electron chi connectivity index (χ1n) is 8.65. The lowest BCUT2D eigenvalue weighted by atomic mass is 9.97. The molecule has 0 aromatic carbocycles. The van der Waals surface area contributed by atoms with E-state index in [1.165, 1.54) is 0 Å². The lowest BCUT2D eigenvalue weighted by Crippen LogP contribution is -2.37. The van der Waals surface area contributed by atoms with E-state index >= 15 is 0 Å². The van der Waals surface area contributed by atoms with Gasteiger partial charge in [-0.25, -0.2) is 18.7 Å². The van der Waals surface area contributed by atoms with E-state index in [4.69, 9.17) is 16.3 Å². The summed E-state index contributed by atoms with van der Waals surface area (Å²) >= 11 is 6.24. The predicted molar refractivity (Wildman–Crippen MR) is 92.3 cm³/mol. The molecule has 140 valence electrons. The fraction of sp³-hybridized carbons (Fsp3) is 0.706. The summed E-state index contributed by atoms with van der Waals surface area (Å²) in [5, 5.41) is 0.310. The van der Waals surface area contributed by atoms with E-state index in [9.17, 15) is 13.6 Å². The fourth-order valence-electron chi connectivity index (χ4n) is 2.97. The van der Waals surface area contributed by atoms with Gasteiger partial charge in [-0.3, -0.25) is 4.79 Å². The largest absolute Gasteiger partial charge is 0.466 e. The summed E-state index contributed by atoms with van der Waals surface area (Å²) in [5.74, 6) is 0.316. The van der Waals surface area contributed by atoms with Gasteiger partial charge in [0.25, 0.3) is 0 Å². The van der Waals surface area contributed by atoms with Gasteiger partial charge in [-0.2, -0.15) is 0 Å². The van der Waals surface area contributed by atoms with Crippen molar-refractivity contribution in [1.29, 1.82) is 0 Å². The number of carbonyl (C=O) groups is 1. The van der Waals surface area contributed by atoms with Crippen LogP contribution in [0.15, 0.2) is 0 Å². The maximum Gasteiger partial charge on any atom is 0.309 e. The Kier molecular flexibility index (Phi) is 7.35. The molecule has 1 aromatic heterocycles. The van der Waals surface area contributed by atoms with Crippen LogP contribution in [0.4, 0.5) is 14.6 Å². The van der Waals surface area contributed by atoms with Gasteiger partial charge in [-0.15, -0.1) is 0 Å². The number of ether oxygens (including phenoxy) is 1. The monoisotopic (exact) mass is 375 g/mol. The van der Waals surface area contributed by atoms with Gasteiger partial charge in [-0.1, -0.05) is 11.6 Å². The van der Waals surface area contributed by atoms with Gasteiger partial charge in [-0.05, 0) is 39.5 Å². The summed E-state index contributed by atoms with van der Waals surface area (Å²) in [5.41, 5.74) is 1.37. The van der Waals surface area contributed by atoms with E-state index in [2.05, 4.69) is 9.97 Å². The summed E-state index contributed by atoms with van der Waals surface area (Å²) in [6.45, 7) is 5.24. The summed E-state index contributed by atoms with van der Waals surface area (Å²) in [6.07, 6.45) is -0.297. The maximum absolute atomic E-state index is 12.3. The Labute approximate surface area is 151 Å². The third-order valence-electron chi connectivity index (χ3n) is 4.36. The van der Waals surface area contributed by atoms with E-state index in [0.717, 1.165) is 0 Å². The minimum Gasteiger partial charge on any atom is -0.466 e. The second-order valence-electron chi connectivity index (χ2n) is 6.17. The van der Waals surface area contributed by atoms with E-state index in [0.29, 0.717) is 67.7 Å². The van der Waals surface area contributed by atoms with Gasteiger partial charge in [0.2, 0.25) is 6.43 Å². The summed E-state index contributed by atoms with van der Waals surface area (Å²) < 4.78 is 29.7. The number of alkyl halides is 2. The Morgan fingerprint density at radius 2 is 2.04 bits per heavy atom. The van der Waals surface area contributed by atoms with Gasteiger partial charge in [0, 0.05) is 19.5 Å². The zero-order valence-corrected chi connectivity index (χ0v) is 15.4. The van der Waals surface area contributed by atoms with E-state index < -0.39 is 6.43 Å². The second-order valence-corrected chi connectivity index (χ2v) is 6.52. The smallest absolute Gasteiger partial charge is 0.309 e. The number of nitrogens with zero attached hydrogens (tertiary/aromatic N) is 3. The molecule has 1 fully saturated rings. The van der Waals surface area contributed by atoms with Crippen LogP contribution in [-0.4, -0.2) is 42.1 Å². The molecule has 0 amide bonds. The van der Waals surface area contributed by atoms with Crippen molar-refractivity contribution in [3.8, 4) is 0 Å². The molecule has 0 atom stereocenters. The van der Waals surface area contributed by atoms with Gasteiger partial charge in [0.1, 0.15) is 0 Å². The normalized spacial score (nSPS) is 15.7. The minimum atomic E-state index is -2.30. The molecular formula is C17H24ClF2N3O2. The quantitative estimate of drug-likeness (QED) is 0.678. The molecule has 1 aliphatic heterocycles. The Hall–Kier alpha value is -1.50. The van der Waals surface area contributed by atoms with Crippen molar-refractivity contribution in [2.45, 2.75) is 52.4 Å². The van der Waals surface area contributed by atoms with Crippen LogP contribution in [0.1, 0.15) is 44.0 Å². The third kappa shape index (κ3) is 5.49. The van der Waals surface area contributed by atoms with Crippen LogP contribution in [0.25, 0.3) is 0 Å². The minimum absolute atomic E-state index is 0.0982. The van der Waals surface area contributed by atoms with Crippen LogP contribution in [0.3, 0.4) is 0 Å². The third-order valence-corrected chi connectivity index (χ3v) is 4.61. The molecule has 5 nitrogen and oxygen atoms in total. The first-order chi connectivity index (χ1) is 11.9. The molecule has 1 aliphatic rings. The molecule has 8 heteroatoms. The highest BCUT2D eigenvalue weighted by Crippen LogP contribution is 2.28. The van der Waals surface area contributed by atoms with Gasteiger partial charge in [0.15, 0.2) is 11.0 Å².